The van der Waals surface area contributed by atoms with Gasteiger partial charge in [-0.15, -0.1) is 3.89 Å². The number of hydrogen-bond donors (Lipinski definition) is 2. The first-order valence-corrected chi connectivity index (χ1v) is 7.72. The van der Waals surface area contributed by atoms with Crippen LogP contribution in [0, 0.1) is 11.8 Å². The summed E-state index contributed by atoms with van der Waals surface area (Å²) in [6, 6.07) is 0.909. The van der Waals surface area contributed by atoms with Crippen LogP contribution in [0.2, 0.25) is 0 Å². The van der Waals surface area contributed by atoms with Crippen molar-refractivity contribution >= 4 is 22.1 Å². The Kier molecular flexibility index (Phi) is 4.04. The minimum Gasteiger partial charge on any atom is -0.481 e. The van der Waals surface area contributed by atoms with Gasteiger partial charge in [0.15, 0.2) is 0 Å². The molecule has 1 fully saturated rings. The molecule has 2 N–H and O–H groups in total. The van der Waals surface area contributed by atoms with Crippen molar-refractivity contribution in [2.24, 2.45) is 11.8 Å². The Bertz CT molecular complexity index is 669. The van der Waals surface area contributed by atoms with Gasteiger partial charge in [-0.3, -0.25) is 9.59 Å². The number of aliphatic carboxylic acids is 1. The van der Waals surface area contributed by atoms with E-state index in [9.17, 15) is 21.9 Å². The van der Waals surface area contributed by atoms with Crippen LogP contribution < -0.4 is 0 Å². The molecule has 21 heavy (non-hydrogen) atoms. The van der Waals surface area contributed by atoms with Gasteiger partial charge in [-0.25, -0.2) is 0 Å². The van der Waals surface area contributed by atoms with Crippen LogP contribution in [-0.2, 0) is 15.0 Å². The standard InChI is InChI=1S/C12H15FN2O5S/c1-7-2-8(12(17)18)6-15(5-7)11(16)10-3-9(4-14-10)21(13,19)20/h3-4,7-8,14H,2,5-6H2,1H3,(H,17,18). The number of carbonyl (C=O) groups excluding carboxylic acids is 1. The molecular formula is C12H15FN2O5S. The Morgan fingerprint density at radius 1 is 1.43 bits per heavy atom. The number of carboxylic acids is 1. The van der Waals surface area contributed by atoms with Crippen molar-refractivity contribution in [3.05, 3.63) is 18.0 Å². The Morgan fingerprint density at radius 2 is 2.10 bits per heavy atom. The van der Waals surface area contributed by atoms with E-state index in [4.69, 9.17) is 5.11 Å². The molecule has 0 saturated carbocycles. The van der Waals surface area contributed by atoms with Gasteiger partial charge in [0.25, 0.3) is 5.91 Å². The first-order chi connectivity index (χ1) is 9.68. The number of carboxylic acid groups (broad SMARTS) is 1. The number of halogens is 1. The zero-order chi connectivity index (χ0) is 15.8. The summed E-state index contributed by atoms with van der Waals surface area (Å²) in [5.74, 6) is -2.15. The lowest BCUT2D eigenvalue weighted by Gasteiger charge is -2.34. The summed E-state index contributed by atoms with van der Waals surface area (Å²) in [5, 5.41) is 9.06. The van der Waals surface area contributed by atoms with Crippen molar-refractivity contribution in [2.45, 2.75) is 18.2 Å². The molecule has 0 bridgehead atoms. The second-order valence-corrected chi connectivity index (χ2v) is 6.62. The lowest BCUT2D eigenvalue weighted by Crippen LogP contribution is -2.45. The molecule has 2 unspecified atom stereocenters. The zero-order valence-electron chi connectivity index (χ0n) is 11.2. The first kappa shape index (κ1) is 15.5. The van der Waals surface area contributed by atoms with E-state index in [0.717, 1.165) is 12.3 Å². The fraction of sp³-hybridized carbons (Fsp3) is 0.500. The molecule has 1 aliphatic heterocycles. The Balaban J connectivity index is 2.19. The maximum Gasteiger partial charge on any atom is 0.333 e. The average Bonchev–Trinajstić information content (AvgIpc) is 2.86. The van der Waals surface area contributed by atoms with Gasteiger partial charge in [-0.1, -0.05) is 6.92 Å². The van der Waals surface area contributed by atoms with Crippen molar-refractivity contribution in [2.75, 3.05) is 13.1 Å². The van der Waals surface area contributed by atoms with Crippen molar-refractivity contribution < 1.29 is 27.0 Å². The quantitative estimate of drug-likeness (QED) is 0.804. The van der Waals surface area contributed by atoms with Crippen LogP contribution in [0.5, 0.6) is 0 Å². The lowest BCUT2D eigenvalue weighted by molar-refractivity contribution is -0.143. The molecule has 0 aliphatic carbocycles. The number of piperidine rings is 1. The number of aromatic amines is 1. The Morgan fingerprint density at radius 3 is 2.62 bits per heavy atom. The van der Waals surface area contributed by atoms with E-state index >= 15 is 0 Å². The lowest BCUT2D eigenvalue weighted by atomic mass is 9.90. The van der Waals surface area contributed by atoms with Gasteiger partial charge < -0.3 is 15.0 Å². The van der Waals surface area contributed by atoms with E-state index < -0.39 is 32.9 Å². The minimum absolute atomic E-state index is 0.0168. The van der Waals surface area contributed by atoms with Gasteiger partial charge in [0.1, 0.15) is 10.6 Å². The first-order valence-electron chi connectivity index (χ1n) is 6.33. The number of carbonyl (C=O) groups is 2. The van der Waals surface area contributed by atoms with Crippen LogP contribution in [-0.4, -0.2) is 48.4 Å². The van der Waals surface area contributed by atoms with Crippen LogP contribution >= 0.6 is 0 Å². The number of nitrogens with one attached hydrogen (secondary N) is 1. The van der Waals surface area contributed by atoms with Gasteiger partial charge >= 0.3 is 16.2 Å². The smallest absolute Gasteiger partial charge is 0.333 e. The topological polar surface area (TPSA) is 108 Å². The Hall–Kier alpha value is -1.90. The van der Waals surface area contributed by atoms with Crippen LogP contribution in [0.15, 0.2) is 17.2 Å². The predicted molar refractivity (Wildman–Crippen MR) is 69.9 cm³/mol. The molecule has 1 aromatic heterocycles. The highest BCUT2D eigenvalue weighted by Crippen LogP contribution is 2.24. The molecule has 2 heterocycles. The summed E-state index contributed by atoms with van der Waals surface area (Å²) < 4.78 is 34.3. The molecule has 0 aromatic carbocycles. The van der Waals surface area contributed by atoms with E-state index in [0.29, 0.717) is 13.0 Å². The highest BCUT2D eigenvalue weighted by molar-refractivity contribution is 7.86. The van der Waals surface area contributed by atoms with E-state index in [1.807, 2.05) is 6.92 Å². The van der Waals surface area contributed by atoms with Crippen molar-refractivity contribution in [3.8, 4) is 0 Å². The molecule has 1 saturated heterocycles. The summed E-state index contributed by atoms with van der Waals surface area (Å²) in [6.45, 7) is 2.26. The van der Waals surface area contributed by atoms with E-state index in [-0.39, 0.29) is 18.2 Å². The monoisotopic (exact) mass is 318 g/mol. The second kappa shape index (κ2) is 5.47. The summed E-state index contributed by atoms with van der Waals surface area (Å²) in [4.78, 5) is 26.4. The van der Waals surface area contributed by atoms with Crippen molar-refractivity contribution in [1.82, 2.24) is 9.88 Å². The third-order valence-corrected chi connectivity index (χ3v) is 4.26. The molecule has 1 aromatic rings. The molecule has 1 aliphatic rings. The summed E-state index contributed by atoms with van der Waals surface area (Å²) in [7, 11) is -4.88. The van der Waals surface area contributed by atoms with Crippen LogP contribution in [0.1, 0.15) is 23.8 Å². The fourth-order valence-corrected chi connectivity index (χ4v) is 2.96. The Labute approximate surface area is 121 Å². The zero-order valence-corrected chi connectivity index (χ0v) is 12.1. The van der Waals surface area contributed by atoms with Gasteiger partial charge in [-0.05, 0) is 18.4 Å². The molecule has 2 rings (SSSR count). The maximum absolute atomic E-state index is 12.8. The van der Waals surface area contributed by atoms with Gasteiger partial charge in [0.05, 0.1) is 5.92 Å². The average molecular weight is 318 g/mol. The van der Waals surface area contributed by atoms with Gasteiger partial charge in [-0.2, -0.15) is 8.42 Å². The van der Waals surface area contributed by atoms with Crippen LogP contribution in [0.3, 0.4) is 0 Å². The molecule has 2 atom stereocenters. The van der Waals surface area contributed by atoms with Crippen molar-refractivity contribution in [1.29, 1.82) is 0 Å². The molecule has 116 valence electrons. The SMILES string of the molecule is CC1CC(C(=O)O)CN(C(=O)c2cc(S(=O)(=O)F)c[nH]2)C1. The summed E-state index contributed by atoms with van der Waals surface area (Å²) >= 11 is 0. The van der Waals surface area contributed by atoms with Crippen molar-refractivity contribution in [3.63, 3.8) is 0 Å². The third-order valence-electron chi connectivity index (χ3n) is 3.46. The molecule has 0 spiro atoms. The third kappa shape index (κ3) is 3.41. The highest BCUT2D eigenvalue weighted by atomic mass is 32.3. The van der Waals surface area contributed by atoms with E-state index in [1.165, 1.54) is 4.90 Å². The molecule has 9 heteroatoms. The minimum atomic E-state index is -4.88. The number of aromatic nitrogens is 1. The number of H-pyrrole nitrogens is 1. The number of amides is 1. The predicted octanol–water partition coefficient (Wildman–Crippen LogP) is 0.856. The summed E-state index contributed by atoms with van der Waals surface area (Å²) in [5.41, 5.74) is -0.0792. The van der Waals surface area contributed by atoms with Gasteiger partial charge in [0, 0.05) is 19.3 Å². The number of hydrogen-bond acceptors (Lipinski definition) is 4. The molecular weight excluding hydrogens is 303 g/mol. The van der Waals surface area contributed by atoms with Crippen LogP contribution in [0.4, 0.5) is 3.89 Å². The number of nitrogens with zero attached hydrogens (tertiary/aromatic N) is 1. The normalized spacial score (nSPS) is 23.0. The van der Waals surface area contributed by atoms with E-state index in [1.54, 1.807) is 0 Å². The van der Waals surface area contributed by atoms with Crippen LogP contribution in [0.25, 0.3) is 0 Å². The number of rotatable bonds is 3. The summed E-state index contributed by atoms with van der Waals surface area (Å²) in [6.07, 6.45) is 1.37. The molecule has 1 amide bonds. The fourth-order valence-electron chi connectivity index (χ4n) is 2.51. The number of likely N-dealkylation sites (tertiary alicyclic amines) is 1. The maximum atomic E-state index is 12.8. The second-order valence-electron chi connectivity index (χ2n) is 5.27. The largest absolute Gasteiger partial charge is 0.481 e. The highest BCUT2D eigenvalue weighted by Gasteiger charge is 2.33. The van der Waals surface area contributed by atoms with Gasteiger partial charge in [0.2, 0.25) is 0 Å². The molecule has 7 nitrogen and oxygen atoms in total. The molecule has 0 radical (unpaired) electrons. The van der Waals surface area contributed by atoms with E-state index in [2.05, 4.69) is 4.98 Å².